The van der Waals surface area contributed by atoms with Crippen LogP contribution >= 0.6 is 0 Å². The molecule has 0 aromatic heterocycles. The van der Waals surface area contributed by atoms with Gasteiger partial charge >= 0.3 is 0 Å². The highest BCUT2D eigenvalue weighted by Crippen LogP contribution is 2.12. The van der Waals surface area contributed by atoms with Crippen molar-refractivity contribution in [2.75, 3.05) is 33.7 Å². The highest BCUT2D eigenvalue weighted by Gasteiger charge is 2.22. The number of piperidine rings is 1. The summed E-state index contributed by atoms with van der Waals surface area (Å²) in [7, 11) is 4.10. The Morgan fingerprint density at radius 1 is 1.55 bits per heavy atom. The molecule has 0 saturated carbocycles. The molecule has 2 atom stereocenters. The van der Waals surface area contributed by atoms with E-state index in [0.717, 1.165) is 26.1 Å². The zero-order chi connectivity index (χ0) is 8.27. The van der Waals surface area contributed by atoms with Crippen LogP contribution in [0.15, 0.2) is 0 Å². The Balaban J connectivity index is 2.29. The van der Waals surface area contributed by atoms with E-state index < -0.39 is 0 Å². The standard InChI is InChI=1S/C8H18N2O/c1-10(2)6-7-3-4-9-5-8(7)11/h7-9,11H,3-6H2,1-2H3/t7-,8+/m0/s1. The first-order valence-corrected chi connectivity index (χ1v) is 4.23. The molecule has 66 valence electrons. The number of aliphatic hydroxyl groups excluding tert-OH is 1. The van der Waals surface area contributed by atoms with E-state index >= 15 is 0 Å². The van der Waals surface area contributed by atoms with Gasteiger partial charge in [0, 0.05) is 13.1 Å². The maximum absolute atomic E-state index is 9.53. The molecule has 3 heteroatoms. The van der Waals surface area contributed by atoms with Gasteiger partial charge in [0.15, 0.2) is 0 Å². The summed E-state index contributed by atoms with van der Waals surface area (Å²) in [6, 6.07) is 0. The zero-order valence-electron chi connectivity index (χ0n) is 7.38. The number of hydrogen-bond acceptors (Lipinski definition) is 3. The van der Waals surface area contributed by atoms with Crippen molar-refractivity contribution in [2.24, 2.45) is 5.92 Å². The van der Waals surface area contributed by atoms with Gasteiger partial charge in [0.2, 0.25) is 0 Å². The molecule has 0 unspecified atom stereocenters. The predicted octanol–water partition coefficient (Wildman–Crippen LogP) is -0.482. The Kier molecular flexibility index (Phi) is 3.30. The maximum atomic E-state index is 9.53. The van der Waals surface area contributed by atoms with Crippen LogP contribution < -0.4 is 5.32 Å². The van der Waals surface area contributed by atoms with E-state index in [1.54, 1.807) is 0 Å². The average Bonchev–Trinajstić information content (AvgIpc) is 1.93. The molecule has 0 aromatic rings. The number of rotatable bonds is 2. The molecular weight excluding hydrogens is 140 g/mol. The van der Waals surface area contributed by atoms with Crippen LogP contribution in [0.5, 0.6) is 0 Å². The van der Waals surface area contributed by atoms with E-state index in [1.807, 2.05) is 0 Å². The van der Waals surface area contributed by atoms with Crippen LogP contribution in [-0.2, 0) is 0 Å². The molecule has 0 amide bonds. The van der Waals surface area contributed by atoms with Gasteiger partial charge in [0.1, 0.15) is 0 Å². The van der Waals surface area contributed by atoms with E-state index in [-0.39, 0.29) is 6.10 Å². The summed E-state index contributed by atoms with van der Waals surface area (Å²) in [5.41, 5.74) is 0. The van der Waals surface area contributed by atoms with E-state index in [0.29, 0.717) is 5.92 Å². The van der Waals surface area contributed by atoms with Crippen molar-refractivity contribution in [1.29, 1.82) is 0 Å². The van der Waals surface area contributed by atoms with Gasteiger partial charge in [-0.3, -0.25) is 0 Å². The molecule has 2 N–H and O–H groups in total. The summed E-state index contributed by atoms with van der Waals surface area (Å²) >= 11 is 0. The molecule has 1 aliphatic rings. The van der Waals surface area contributed by atoms with Crippen molar-refractivity contribution in [3.05, 3.63) is 0 Å². The summed E-state index contributed by atoms with van der Waals surface area (Å²) in [6.45, 7) is 2.82. The van der Waals surface area contributed by atoms with E-state index in [2.05, 4.69) is 24.3 Å². The summed E-state index contributed by atoms with van der Waals surface area (Å²) in [5, 5.41) is 12.7. The minimum atomic E-state index is -0.147. The monoisotopic (exact) mass is 158 g/mol. The molecule has 0 bridgehead atoms. The maximum Gasteiger partial charge on any atom is 0.0705 e. The Bertz CT molecular complexity index is 117. The van der Waals surface area contributed by atoms with Crippen molar-refractivity contribution in [3.8, 4) is 0 Å². The van der Waals surface area contributed by atoms with Crippen LogP contribution in [0.1, 0.15) is 6.42 Å². The first kappa shape index (κ1) is 8.97. The molecular formula is C8H18N2O. The first-order valence-electron chi connectivity index (χ1n) is 4.23. The third kappa shape index (κ3) is 2.77. The number of β-amino-alcohol motifs (C(OH)–C–C–N with tert-alkyl or cyclic N) is 1. The lowest BCUT2D eigenvalue weighted by Gasteiger charge is -2.30. The van der Waals surface area contributed by atoms with Gasteiger partial charge in [0.05, 0.1) is 6.10 Å². The lowest BCUT2D eigenvalue weighted by molar-refractivity contribution is 0.0666. The van der Waals surface area contributed by atoms with Crippen molar-refractivity contribution < 1.29 is 5.11 Å². The van der Waals surface area contributed by atoms with Crippen LogP contribution in [0.3, 0.4) is 0 Å². The van der Waals surface area contributed by atoms with Gasteiger partial charge in [-0.2, -0.15) is 0 Å². The SMILES string of the molecule is CN(C)C[C@@H]1CCNC[C@H]1O. The van der Waals surface area contributed by atoms with Crippen LogP contribution in [0, 0.1) is 5.92 Å². The molecule has 1 fully saturated rings. The molecule has 0 radical (unpaired) electrons. The van der Waals surface area contributed by atoms with Crippen molar-refractivity contribution in [3.63, 3.8) is 0 Å². The molecule has 0 spiro atoms. The van der Waals surface area contributed by atoms with Crippen LogP contribution in [-0.4, -0.2) is 49.8 Å². The molecule has 0 aliphatic carbocycles. The third-order valence-electron chi connectivity index (χ3n) is 2.19. The number of aliphatic hydroxyl groups is 1. The van der Waals surface area contributed by atoms with Gasteiger partial charge in [-0.15, -0.1) is 0 Å². The van der Waals surface area contributed by atoms with Gasteiger partial charge in [-0.25, -0.2) is 0 Å². The lowest BCUT2D eigenvalue weighted by atomic mass is 9.95. The molecule has 11 heavy (non-hydrogen) atoms. The Labute approximate surface area is 68.4 Å². The minimum Gasteiger partial charge on any atom is -0.391 e. The quantitative estimate of drug-likeness (QED) is 0.570. The molecule has 1 aliphatic heterocycles. The lowest BCUT2D eigenvalue weighted by Crippen LogP contribution is -2.44. The molecule has 1 saturated heterocycles. The van der Waals surface area contributed by atoms with Gasteiger partial charge in [-0.05, 0) is 33.0 Å². The van der Waals surface area contributed by atoms with Crippen molar-refractivity contribution >= 4 is 0 Å². The van der Waals surface area contributed by atoms with E-state index in [4.69, 9.17) is 0 Å². The highest BCUT2D eigenvalue weighted by molar-refractivity contribution is 4.78. The normalized spacial score (nSPS) is 32.7. The van der Waals surface area contributed by atoms with Crippen molar-refractivity contribution in [1.82, 2.24) is 10.2 Å². The first-order chi connectivity index (χ1) is 5.20. The fourth-order valence-corrected chi connectivity index (χ4v) is 1.58. The summed E-state index contributed by atoms with van der Waals surface area (Å²) < 4.78 is 0. The largest absolute Gasteiger partial charge is 0.391 e. The average molecular weight is 158 g/mol. The highest BCUT2D eigenvalue weighted by atomic mass is 16.3. The van der Waals surface area contributed by atoms with Crippen LogP contribution in [0.2, 0.25) is 0 Å². The number of nitrogens with zero attached hydrogens (tertiary/aromatic N) is 1. The van der Waals surface area contributed by atoms with Gasteiger partial charge in [-0.1, -0.05) is 0 Å². The van der Waals surface area contributed by atoms with Crippen molar-refractivity contribution in [2.45, 2.75) is 12.5 Å². The van der Waals surface area contributed by atoms with Crippen LogP contribution in [0.25, 0.3) is 0 Å². The number of nitrogens with one attached hydrogen (secondary N) is 1. The smallest absolute Gasteiger partial charge is 0.0705 e. The fraction of sp³-hybridized carbons (Fsp3) is 1.00. The second-order valence-corrected chi connectivity index (χ2v) is 3.58. The third-order valence-corrected chi connectivity index (χ3v) is 2.19. The fourth-order valence-electron chi connectivity index (χ4n) is 1.58. The summed E-state index contributed by atoms with van der Waals surface area (Å²) in [6.07, 6.45) is 0.949. The van der Waals surface area contributed by atoms with Gasteiger partial charge in [0.25, 0.3) is 0 Å². The Hall–Kier alpha value is -0.120. The van der Waals surface area contributed by atoms with E-state index in [1.165, 1.54) is 0 Å². The number of hydrogen-bond donors (Lipinski definition) is 2. The summed E-state index contributed by atoms with van der Waals surface area (Å²) in [5.74, 6) is 0.464. The molecule has 1 rings (SSSR count). The second kappa shape index (κ2) is 4.04. The zero-order valence-corrected chi connectivity index (χ0v) is 7.38. The Morgan fingerprint density at radius 3 is 2.82 bits per heavy atom. The molecule has 0 aromatic carbocycles. The Morgan fingerprint density at radius 2 is 2.27 bits per heavy atom. The minimum absolute atomic E-state index is 0.147. The molecule has 1 heterocycles. The molecule has 3 nitrogen and oxygen atoms in total. The summed E-state index contributed by atoms with van der Waals surface area (Å²) in [4.78, 5) is 2.14. The topological polar surface area (TPSA) is 35.5 Å². The second-order valence-electron chi connectivity index (χ2n) is 3.58. The van der Waals surface area contributed by atoms with E-state index in [9.17, 15) is 5.11 Å². The van der Waals surface area contributed by atoms with Crippen LogP contribution in [0.4, 0.5) is 0 Å². The van der Waals surface area contributed by atoms with Gasteiger partial charge < -0.3 is 15.3 Å². The predicted molar refractivity (Wildman–Crippen MR) is 45.5 cm³/mol.